The van der Waals surface area contributed by atoms with Crippen molar-refractivity contribution >= 4 is 21.6 Å². The van der Waals surface area contributed by atoms with E-state index in [4.69, 9.17) is 4.74 Å². The molecule has 0 atom stereocenters. The van der Waals surface area contributed by atoms with Crippen LogP contribution in [0.15, 0.2) is 53.4 Å². The summed E-state index contributed by atoms with van der Waals surface area (Å²) < 4.78 is 33.2. The van der Waals surface area contributed by atoms with E-state index in [-0.39, 0.29) is 16.8 Å². The van der Waals surface area contributed by atoms with Gasteiger partial charge in [0, 0.05) is 17.3 Å². The van der Waals surface area contributed by atoms with Gasteiger partial charge in [-0.3, -0.25) is 9.52 Å². The smallest absolute Gasteiger partial charge is 0.261 e. The molecule has 0 spiro atoms. The van der Waals surface area contributed by atoms with E-state index in [1.807, 2.05) is 20.8 Å². The number of anilines is 1. The molecule has 146 valence electrons. The number of sulfonamides is 1. The van der Waals surface area contributed by atoms with Crippen molar-refractivity contribution in [3.05, 3.63) is 54.1 Å². The quantitative estimate of drug-likeness (QED) is 0.682. The molecule has 6 nitrogen and oxygen atoms in total. The van der Waals surface area contributed by atoms with Gasteiger partial charge >= 0.3 is 0 Å². The molecule has 0 saturated carbocycles. The van der Waals surface area contributed by atoms with Crippen LogP contribution in [0.25, 0.3) is 0 Å². The van der Waals surface area contributed by atoms with Gasteiger partial charge in [-0.25, -0.2) is 8.42 Å². The molecule has 0 aliphatic heterocycles. The van der Waals surface area contributed by atoms with E-state index in [9.17, 15) is 13.2 Å². The summed E-state index contributed by atoms with van der Waals surface area (Å²) in [5.74, 6) is 0.391. The number of nitrogens with one attached hydrogen (secondary N) is 2. The minimum atomic E-state index is -3.80. The molecule has 0 radical (unpaired) electrons. The molecule has 0 bridgehead atoms. The Bertz CT molecular complexity index is 860. The molecule has 2 aromatic carbocycles. The summed E-state index contributed by atoms with van der Waals surface area (Å²) in [6.45, 7) is 6.41. The molecule has 0 heterocycles. The molecule has 2 N–H and O–H groups in total. The zero-order valence-electron chi connectivity index (χ0n) is 15.9. The maximum Gasteiger partial charge on any atom is 0.261 e. The fourth-order valence-electron chi connectivity index (χ4n) is 2.57. The maximum absolute atomic E-state index is 12.6. The highest BCUT2D eigenvalue weighted by molar-refractivity contribution is 7.92. The van der Waals surface area contributed by atoms with E-state index >= 15 is 0 Å². The van der Waals surface area contributed by atoms with E-state index < -0.39 is 10.0 Å². The van der Waals surface area contributed by atoms with E-state index in [1.165, 1.54) is 12.1 Å². The summed E-state index contributed by atoms with van der Waals surface area (Å²) in [5.41, 5.74) is 0.738. The molecular weight excluding hydrogens is 364 g/mol. The van der Waals surface area contributed by atoms with E-state index in [0.29, 0.717) is 23.6 Å². The maximum atomic E-state index is 12.6. The molecule has 2 aromatic rings. The largest absolute Gasteiger partial charge is 0.494 e. The lowest BCUT2D eigenvalue weighted by molar-refractivity contribution is 0.0934. The van der Waals surface area contributed by atoms with Gasteiger partial charge in [-0.2, -0.15) is 0 Å². The number of carbonyl (C=O) groups is 1. The fraction of sp³-hybridized carbons (Fsp3) is 0.350. The first kappa shape index (κ1) is 20.8. The summed E-state index contributed by atoms with van der Waals surface area (Å²) in [5, 5.41) is 2.91. The Balaban J connectivity index is 2.17. The first-order chi connectivity index (χ1) is 12.9. The molecule has 27 heavy (non-hydrogen) atoms. The van der Waals surface area contributed by atoms with Crippen molar-refractivity contribution in [3.63, 3.8) is 0 Å². The Hall–Kier alpha value is -2.54. The fourth-order valence-corrected chi connectivity index (χ4v) is 3.67. The highest BCUT2D eigenvalue weighted by atomic mass is 32.2. The van der Waals surface area contributed by atoms with Gasteiger partial charge in [0.15, 0.2) is 0 Å². The lowest BCUT2D eigenvalue weighted by atomic mass is 10.1. The van der Waals surface area contributed by atoms with Crippen LogP contribution in [-0.2, 0) is 10.0 Å². The monoisotopic (exact) mass is 390 g/mol. The summed E-state index contributed by atoms with van der Waals surface area (Å²) >= 11 is 0. The Labute approximate surface area is 161 Å². The van der Waals surface area contributed by atoms with Crippen molar-refractivity contribution in [2.24, 2.45) is 0 Å². The summed E-state index contributed by atoms with van der Waals surface area (Å²) in [6, 6.07) is 12.7. The molecule has 0 saturated heterocycles. The van der Waals surface area contributed by atoms with Gasteiger partial charge in [0.1, 0.15) is 5.75 Å². The number of benzene rings is 2. The second-order valence-electron chi connectivity index (χ2n) is 6.08. The van der Waals surface area contributed by atoms with Gasteiger partial charge in [0.05, 0.1) is 11.5 Å². The van der Waals surface area contributed by atoms with Crippen LogP contribution in [0.5, 0.6) is 5.75 Å². The molecule has 0 aromatic heterocycles. The van der Waals surface area contributed by atoms with Crippen molar-refractivity contribution in [1.82, 2.24) is 5.32 Å². The van der Waals surface area contributed by atoms with E-state index in [1.54, 1.807) is 36.4 Å². The van der Waals surface area contributed by atoms with Gasteiger partial charge in [-0.05, 0) is 62.2 Å². The molecule has 0 aliphatic carbocycles. The van der Waals surface area contributed by atoms with E-state index in [0.717, 1.165) is 12.8 Å². The summed E-state index contributed by atoms with van der Waals surface area (Å²) in [6.07, 6.45) is 1.64. The topological polar surface area (TPSA) is 84.5 Å². The zero-order chi connectivity index (χ0) is 19.9. The Morgan fingerprint density at radius 3 is 2.30 bits per heavy atom. The number of rotatable bonds is 9. The van der Waals surface area contributed by atoms with Gasteiger partial charge in [-0.15, -0.1) is 0 Å². The summed E-state index contributed by atoms with van der Waals surface area (Å²) in [4.78, 5) is 12.4. The van der Waals surface area contributed by atoms with Crippen LogP contribution in [-0.4, -0.2) is 27.0 Å². The molecular formula is C20H26N2O4S. The van der Waals surface area contributed by atoms with Crippen LogP contribution < -0.4 is 14.8 Å². The van der Waals surface area contributed by atoms with Gasteiger partial charge in [0.2, 0.25) is 0 Å². The lowest BCUT2D eigenvalue weighted by Crippen LogP contribution is -2.33. The SMILES string of the molecule is CCOc1ccc(NS(=O)(=O)c2cccc(C(=O)NC(CC)CC)c2)cc1. The first-order valence-electron chi connectivity index (χ1n) is 9.06. The molecule has 0 fully saturated rings. The van der Waals surface area contributed by atoms with Crippen molar-refractivity contribution in [3.8, 4) is 5.75 Å². The zero-order valence-corrected chi connectivity index (χ0v) is 16.7. The predicted octanol–water partition coefficient (Wildman–Crippen LogP) is 3.80. The Morgan fingerprint density at radius 1 is 1.04 bits per heavy atom. The normalized spacial score (nSPS) is 11.3. The van der Waals surface area contributed by atoms with Crippen LogP contribution in [0, 0.1) is 0 Å². The summed E-state index contributed by atoms with van der Waals surface area (Å²) in [7, 11) is -3.80. The molecule has 7 heteroatoms. The number of amides is 1. The predicted molar refractivity (Wildman–Crippen MR) is 107 cm³/mol. The number of carbonyl (C=O) groups excluding carboxylic acids is 1. The minimum Gasteiger partial charge on any atom is -0.494 e. The van der Waals surface area contributed by atoms with Crippen LogP contribution in [0.1, 0.15) is 44.0 Å². The average molecular weight is 391 g/mol. The Kier molecular flexibility index (Phi) is 7.24. The van der Waals surface area contributed by atoms with Gasteiger partial charge < -0.3 is 10.1 Å². The van der Waals surface area contributed by atoms with Crippen molar-refractivity contribution in [1.29, 1.82) is 0 Å². The molecule has 0 unspecified atom stereocenters. The van der Waals surface area contributed by atoms with Crippen molar-refractivity contribution < 1.29 is 17.9 Å². The third-order valence-corrected chi connectivity index (χ3v) is 5.52. The number of hydrogen-bond donors (Lipinski definition) is 2. The lowest BCUT2D eigenvalue weighted by Gasteiger charge is -2.15. The van der Waals surface area contributed by atoms with Crippen LogP contribution in [0.3, 0.4) is 0 Å². The molecule has 0 aliphatic rings. The van der Waals surface area contributed by atoms with Crippen molar-refractivity contribution in [2.75, 3.05) is 11.3 Å². The molecule has 2 rings (SSSR count). The van der Waals surface area contributed by atoms with E-state index in [2.05, 4.69) is 10.0 Å². The second-order valence-corrected chi connectivity index (χ2v) is 7.76. The first-order valence-corrected chi connectivity index (χ1v) is 10.5. The average Bonchev–Trinajstić information content (AvgIpc) is 2.67. The molecule has 1 amide bonds. The van der Waals surface area contributed by atoms with Crippen LogP contribution in [0.4, 0.5) is 5.69 Å². The highest BCUT2D eigenvalue weighted by Crippen LogP contribution is 2.20. The number of ether oxygens (including phenoxy) is 1. The highest BCUT2D eigenvalue weighted by Gasteiger charge is 2.17. The van der Waals surface area contributed by atoms with Crippen LogP contribution in [0.2, 0.25) is 0 Å². The third kappa shape index (κ3) is 5.72. The standard InChI is InChI=1S/C20H26N2O4S/c1-4-16(5-2)21-20(23)15-8-7-9-19(14-15)27(24,25)22-17-10-12-18(13-11-17)26-6-3/h7-14,16,22H,4-6H2,1-3H3,(H,21,23). The number of hydrogen-bond acceptors (Lipinski definition) is 4. The third-order valence-electron chi connectivity index (χ3n) is 4.14. The van der Waals surface area contributed by atoms with Crippen molar-refractivity contribution in [2.45, 2.75) is 44.6 Å². The van der Waals surface area contributed by atoms with Crippen LogP contribution >= 0.6 is 0 Å². The minimum absolute atomic E-state index is 0.0357. The Morgan fingerprint density at radius 2 is 1.70 bits per heavy atom. The van der Waals surface area contributed by atoms with Gasteiger partial charge in [0.25, 0.3) is 15.9 Å². The van der Waals surface area contributed by atoms with Gasteiger partial charge in [-0.1, -0.05) is 19.9 Å². The second kappa shape index (κ2) is 9.41.